The maximum atomic E-state index is 11.1. The molecular weight excluding hydrogens is 242 g/mol. The van der Waals surface area contributed by atoms with Crippen molar-refractivity contribution in [1.82, 2.24) is 9.80 Å². The molecule has 2 aliphatic heterocycles. The van der Waals surface area contributed by atoms with Crippen LogP contribution in [0.5, 0.6) is 0 Å². The fourth-order valence-corrected chi connectivity index (χ4v) is 3.22. The van der Waals surface area contributed by atoms with Crippen LogP contribution in [0.25, 0.3) is 0 Å². The van der Waals surface area contributed by atoms with Crippen LogP contribution in [0.1, 0.15) is 22.6 Å². The van der Waals surface area contributed by atoms with Crippen molar-refractivity contribution in [2.45, 2.75) is 18.9 Å². The lowest BCUT2D eigenvalue weighted by Crippen LogP contribution is -2.42. The van der Waals surface area contributed by atoms with E-state index in [0.29, 0.717) is 5.92 Å². The second-order valence-electron chi connectivity index (χ2n) is 5.84. The van der Waals surface area contributed by atoms with E-state index in [-0.39, 0.29) is 10.6 Å². The first-order valence-electron chi connectivity index (χ1n) is 6.72. The summed E-state index contributed by atoms with van der Waals surface area (Å²) < 4.78 is 0. The molecule has 1 aromatic rings. The van der Waals surface area contributed by atoms with Crippen molar-refractivity contribution < 1.29 is 4.92 Å². The smallest absolute Gasteiger partial charge is 0.270 e. The molecule has 0 saturated carbocycles. The van der Waals surface area contributed by atoms with Gasteiger partial charge >= 0.3 is 0 Å². The summed E-state index contributed by atoms with van der Waals surface area (Å²) in [6.45, 7) is 3.90. The van der Waals surface area contributed by atoms with Crippen molar-refractivity contribution >= 4 is 5.69 Å². The van der Waals surface area contributed by atoms with Gasteiger partial charge in [-0.3, -0.25) is 10.1 Å². The molecule has 0 spiro atoms. The van der Waals surface area contributed by atoms with Crippen LogP contribution in [0.2, 0.25) is 0 Å². The van der Waals surface area contributed by atoms with E-state index in [2.05, 4.69) is 23.9 Å². The molecule has 0 radical (unpaired) electrons. The third-order valence-electron chi connectivity index (χ3n) is 4.26. The Bertz CT molecular complexity index is 524. The summed E-state index contributed by atoms with van der Waals surface area (Å²) in [5.74, 6) is 0.474. The Kier molecular flexibility index (Phi) is 3.03. The monoisotopic (exact) mass is 261 g/mol. The first kappa shape index (κ1) is 12.6. The minimum absolute atomic E-state index is 0.249. The van der Waals surface area contributed by atoms with E-state index < -0.39 is 0 Å². The number of nitro benzene ring substituents is 1. The number of hydrogen-bond donors (Lipinski definition) is 0. The van der Waals surface area contributed by atoms with Crippen molar-refractivity contribution in [3.05, 3.63) is 38.9 Å². The van der Waals surface area contributed by atoms with E-state index in [9.17, 15) is 10.1 Å². The highest BCUT2D eigenvalue weighted by atomic mass is 16.6. The average Bonchev–Trinajstić information content (AvgIpc) is 2.33. The van der Waals surface area contributed by atoms with Gasteiger partial charge in [0.2, 0.25) is 0 Å². The summed E-state index contributed by atoms with van der Waals surface area (Å²) >= 11 is 0. The standard InChI is InChI=1S/C14H19N3O2/c1-15-4-3-13-10(7-15)5-12(17(18)19)6-14(13)11-8-16(2)9-11/h5-6,11H,3-4,7-9H2,1-2H3. The fourth-order valence-electron chi connectivity index (χ4n) is 3.22. The van der Waals surface area contributed by atoms with E-state index in [0.717, 1.165) is 38.2 Å². The minimum atomic E-state index is -0.263. The predicted octanol–water partition coefficient (Wildman–Crippen LogP) is 1.61. The number of nitrogens with zero attached hydrogens (tertiary/aromatic N) is 3. The van der Waals surface area contributed by atoms with Gasteiger partial charge in [0, 0.05) is 44.2 Å². The normalized spacial score (nSPS) is 20.9. The van der Waals surface area contributed by atoms with Gasteiger partial charge in [-0.05, 0) is 37.2 Å². The highest BCUT2D eigenvalue weighted by Gasteiger charge is 2.30. The van der Waals surface area contributed by atoms with Gasteiger partial charge in [0.05, 0.1) is 4.92 Å². The Morgan fingerprint density at radius 3 is 2.63 bits per heavy atom. The van der Waals surface area contributed by atoms with Gasteiger partial charge in [-0.2, -0.15) is 0 Å². The second kappa shape index (κ2) is 4.58. The predicted molar refractivity (Wildman–Crippen MR) is 73.4 cm³/mol. The largest absolute Gasteiger partial charge is 0.305 e. The molecule has 0 unspecified atom stereocenters. The van der Waals surface area contributed by atoms with Crippen LogP contribution in [0.4, 0.5) is 5.69 Å². The van der Waals surface area contributed by atoms with E-state index in [4.69, 9.17) is 0 Å². The SMILES string of the molecule is CN1CCc2c(cc([N+](=O)[O-])cc2C2CN(C)C2)C1. The molecule has 5 nitrogen and oxygen atoms in total. The zero-order chi connectivity index (χ0) is 13.6. The molecule has 0 aromatic heterocycles. The Hall–Kier alpha value is -1.46. The van der Waals surface area contributed by atoms with Crippen molar-refractivity contribution in [3.63, 3.8) is 0 Å². The number of hydrogen-bond acceptors (Lipinski definition) is 4. The molecule has 102 valence electrons. The lowest BCUT2D eigenvalue weighted by atomic mass is 9.83. The molecule has 0 aliphatic carbocycles. The first-order valence-corrected chi connectivity index (χ1v) is 6.72. The quantitative estimate of drug-likeness (QED) is 0.599. The van der Waals surface area contributed by atoms with Crippen molar-refractivity contribution in [3.8, 4) is 0 Å². The lowest BCUT2D eigenvalue weighted by Gasteiger charge is -2.39. The molecule has 0 bridgehead atoms. The molecule has 0 atom stereocenters. The lowest BCUT2D eigenvalue weighted by molar-refractivity contribution is -0.385. The van der Waals surface area contributed by atoms with Gasteiger partial charge in [0.25, 0.3) is 5.69 Å². The van der Waals surface area contributed by atoms with Gasteiger partial charge in [0.1, 0.15) is 0 Å². The number of nitro groups is 1. The maximum Gasteiger partial charge on any atom is 0.270 e. The number of likely N-dealkylation sites (tertiary alicyclic amines) is 1. The number of benzene rings is 1. The fraction of sp³-hybridized carbons (Fsp3) is 0.571. The summed E-state index contributed by atoms with van der Waals surface area (Å²) in [7, 11) is 4.16. The molecule has 1 aromatic carbocycles. The third kappa shape index (κ3) is 2.24. The Morgan fingerprint density at radius 2 is 2.00 bits per heavy atom. The second-order valence-corrected chi connectivity index (χ2v) is 5.84. The van der Waals surface area contributed by atoms with Gasteiger partial charge in [-0.1, -0.05) is 0 Å². The van der Waals surface area contributed by atoms with Crippen LogP contribution in [0.3, 0.4) is 0 Å². The van der Waals surface area contributed by atoms with Gasteiger partial charge in [0.15, 0.2) is 0 Å². The molecule has 1 saturated heterocycles. The van der Waals surface area contributed by atoms with Gasteiger partial charge in [-0.15, -0.1) is 0 Å². The zero-order valence-corrected chi connectivity index (χ0v) is 11.4. The van der Waals surface area contributed by atoms with E-state index in [1.807, 2.05) is 6.07 Å². The van der Waals surface area contributed by atoms with Gasteiger partial charge in [-0.25, -0.2) is 0 Å². The molecule has 2 heterocycles. The number of non-ortho nitro benzene ring substituents is 1. The van der Waals surface area contributed by atoms with Crippen LogP contribution in [0, 0.1) is 10.1 Å². The molecule has 5 heteroatoms. The number of rotatable bonds is 2. The zero-order valence-electron chi connectivity index (χ0n) is 11.4. The molecule has 2 aliphatic rings. The third-order valence-corrected chi connectivity index (χ3v) is 4.26. The molecule has 19 heavy (non-hydrogen) atoms. The van der Waals surface area contributed by atoms with Crippen LogP contribution in [0.15, 0.2) is 12.1 Å². The number of fused-ring (bicyclic) bond motifs is 1. The van der Waals surface area contributed by atoms with E-state index in [1.165, 1.54) is 11.1 Å². The summed E-state index contributed by atoms with van der Waals surface area (Å²) in [4.78, 5) is 15.3. The van der Waals surface area contributed by atoms with Crippen LogP contribution >= 0.6 is 0 Å². The average molecular weight is 261 g/mol. The van der Waals surface area contributed by atoms with Crippen LogP contribution < -0.4 is 0 Å². The summed E-state index contributed by atoms with van der Waals surface area (Å²) in [5, 5.41) is 11.1. The molecule has 3 rings (SSSR count). The topological polar surface area (TPSA) is 49.6 Å². The molecule has 0 amide bonds. The van der Waals surface area contributed by atoms with Crippen molar-refractivity contribution in [1.29, 1.82) is 0 Å². The Balaban J connectivity index is 2.03. The summed E-state index contributed by atoms with van der Waals surface area (Å²) in [5.41, 5.74) is 3.98. The first-order chi connectivity index (χ1) is 9.04. The minimum Gasteiger partial charge on any atom is -0.305 e. The van der Waals surface area contributed by atoms with E-state index >= 15 is 0 Å². The highest BCUT2D eigenvalue weighted by molar-refractivity contribution is 5.49. The maximum absolute atomic E-state index is 11.1. The van der Waals surface area contributed by atoms with Crippen molar-refractivity contribution in [2.75, 3.05) is 33.7 Å². The summed E-state index contributed by atoms with van der Waals surface area (Å²) in [6.07, 6.45) is 1.01. The Labute approximate surface area is 113 Å². The summed E-state index contributed by atoms with van der Waals surface area (Å²) in [6, 6.07) is 3.57. The number of likely N-dealkylation sites (N-methyl/N-ethyl adjacent to an activating group) is 2. The Morgan fingerprint density at radius 1 is 1.26 bits per heavy atom. The van der Waals surface area contributed by atoms with Crippen molar-refractivity contribution in [2.24, 2.45) is 0 Å². The molecule has 0 N–H and O–H groups in total. The molecular formula is C14H19N3O2. The van der Waals surface area contributed by atoms with Gasteiger partial charge < -0.3 is 9.80 Å². The van der Waals surface area contributed by atoms with Crippen LogP contribution in [-0.2, 0) is 13.0 Å². The van der Waals surface area contributed by atoms with E-state index in [1.54, 1.807) is 6.07 Å². The molecule has 1 fully saturated rings. The van der Waals surface area contributed by atoms with Crippen LogP contribution in [-0.4, -0.2) is 48.5 Å². The highest BCUT2D eigenvalue weighted by Crippen LogP contribution is 2.35.